The normalized spacial score (nSPS) is 10.4. The zero-order valence-corrected chi connectivity index (χ0v) is 15.4. The monoisotopic (exact) mass is 477 g/mol. The van der Waals surface area contributed by atoms with E-state index in [1.807, 2.05) is 18.2 Å². The third-order valence-corrected chi connectivity index (χ3v) is 4.82. The molecule has 2 aromatic carbocycles. The summed E-state index contributed by atoms with van der Waals surface area (Å²) in [7, 11) is 0. The highest BCUT2D eigenvalue weighted by Gasteiger charge is 2.15. The van der Waals surface area contributed by atoms with Crippen molar-refractivity contribution in [1.82, 2.24) is 0 Å². The molecule has 0 saturated carbocycles. The van der Waals surface area contributed by atoms with Crippen LogP contribution in [0.3, 0.4) is 0 Å². The summed E-state index contributed by atoms with van der Waals surface area (Å²) in [6.45, 7) is 0.254. The Morgan fingerprint density at radius 3 is 2.57 bits per heavy atom. The molecule has 4 nitrogen and oxygen atoms in total. The molecule has 110 valence electrons. The van der Waals surface area contributed by atoms with Gasteiger partial charge in [-0.2, -0.15) is 0 Å². The van der Waals surface area contributed by atoms with Gasteiger partial charge in [-0.1, -0.05) is 44.0 Å². The zero-order valence-electron chi connectivity index (χ0n) is 10.7. The van der Waals surface area contributed by atoms with E-state index in [1.165, 1.54) is 6.07 Å². The van der Waals surface area contributed by atoms with E-state index in [1.54, 1.807) is 12.1 Å². The molecule has 0 aromatic heterocycles. The van der Waals surface area contributed by atoms with Crippen LogP contribution in [0.2, 0.25) is 0 Å². The second-order valence-electron chi connectivity index (χ2n) is 4.18. The highest BCUT2D eigenvalue weighted by molar-refractivity contribution is 9.11. The van der Waals surface area contributed by atoms with Crippen molar-refractivity contribution in [3.8, 4) is 5.75 Å². The zero-order chi connectivity index (χ0) is 15.4. The molecular formula is C14H10Br3NO3. The van der Waals surface area contributed by atoms with Gasteiger partial charge in [0.05, 0.1) is 4.92 Å². The number of nitrogens with zero attached hydrogens (tertiary/aromatic N) is 1. The fraction of sp³-hybridized carbons (Fsp3) is 0.143. The van der Waals surface area contributed by atoms with E-state index in [0.29, 0.717) is 9.80 Å². The molecule has 7 heteroatoms. The van der Waals surface area contributed by atoms with Gasteiger partial charge < -0.3 is 4.74 Å². The molecule has 0 heterocycles. The van der Waals surface area contributed by atoms with Crippen molar-refractivity contribution >= 4 is 53.5 Å². The Bertz CT molecular complexity index is 677. The lowest BCUT2D eigenvalue weighted by Gasteiger charge is -2.11. The highest BCUT2D eigenvalue weighted by atomic mass is 79.9. The Morgan fingerprint density at radius 1 is 1.14 bits per heavy atom. The molecule has 0 atom stereocenters. The molecule has 0 N–H and O–H groups in total. The summed E-state index contributed by atoms with van der Waals surface area (Å²) in [5.41, 5.74) is 1.77. The Hall–Kier alpha value is -0.920. The van der Waals surface area contributed by atoms with E-state index in [2.05, 4.69) is 47.8 Å². The van der Waals surface area contributed by atoms with Gasteiger partial charge in [-0.25, -0.2) is 0 Å². The van der Waals surface area contributed by atoms with Crippen LogP contribution in [0.15, 0.2) is 45.3 Å². The van der Waals surface area contributed by atoms with Crippen molar-refractivity contribution in [2.45, 2.75) is 11.9 Å². The molecule has 0 bridgehead atoms. The molecular weight excluding hydrogens is 470 g/mol. The van der Waals surface area contributed by atoms with Gasteiger partial charge in [-0.15, -0.1) is 0 Å². The first-order chi connectivity index (χ1) is 10.0. The molecule has 21 heavy (non-hydrogen) atoms. The average molecular weight is 480 g/mol. The topological polar surface area (TPSA) is 52.4 Å². The number of rotatable bonds is 5. The molecule has 0 aliphatic heterocycles. The van der Waals surface area contributed by atoms with E-state index >= 15 is 0 Å². The number of benzene rings is 2. The van der Waals surface area contributed by atoms with Gasteiger partial charge in [-0.05, 0) is 34.1 Å². The van der Waals surface area contributed by atoms with Gasteiger partial charge in [0.2, 0.25) is 0 Å². The minimum atomic E-state index is -0.420. The smallest absolute Gasteiger partial charge is 0.283 e. The van der Waals surface area contributed by atoms with Crippen LogP contribution in [0.1, 0.15) is 11.1 Å². The third kappa shape index (κ3) is 4.05. The standard InChI is InChI=1S/C14H10Br3NO3/c15-7-10-6-11(16)4-5-13(10)21-8-9-2-1-3-12(14(9)17)18(19)20/h1-6H,7-8H2. The van der Waals surface area contributed by atoms with E-state index < -0.39 is 4.92 Å². The maximum Gasteiger partial charge on any atom is 0.283 e. The van der Waals surface area contributed by atoms with Crippen LogP contribution >= 0.6 is 47.8 Å². The SMILES string of the molecule is O=[N+]([O-])c1cccc(COc2ccc(Br)cc2CBr)c1Br. The second kappa shape index (κ2) is 7.38. The van der Waals surface area contributed by atoms with Gasteiger partial charge in [0, 0.05) is 27.0 Å². The summed E-state index contributed by atoms with van der Waals surface area (Å²) in [6.07, 6.45) is 0. The van der Waals surface area contributed by atoms with Gasteiger partial charge >= 0.3 is 0 Å². The van der Waals surface area contributed by atoms with E-state index in [0.717, 1.165) is 21.3 Å². The molecule has 0 spiro atoms. The predicted molar refractivity (Wildman–Crippen MR) is 91.9 cm³/mol. The molecule has 0 saturated heterocycles. The van der Waals surface area contributed by atoms with E-state index in [9.17, 15) is 10.1 Å². The van der Waals surface area contributed by atoms with Crippen LogP contribution in [0, 0.1) is 10.1 Å². The summed E-state index contributed by atoms with van der Waals surface area (Å²) in [4.78, 5) is 10.5. The molecule has 2 rings (SSSR count). The quantitative estimate of drug-likeness (QED) is 0.319. The number of halogens is 3. The Labute approximate surface area is 147 Å². The van der Waals surface area contributed by atoms with Gasteiger partial charge in [0.15, 0.2) is 0 Å². The van der Waals surface area contributed by atoms with Crippen molar-refractivity contribution in [2.75, 3.05) is 0 Å². The first-order valence-corrected chi connectivity index (χ1v) is 8.62. The number of alkyl halides is 1. The average Bonchev–Trinajstić information content (AvgIpc) is 2.46. The molecule has 2 aromatic rings. The van der Waals surface area contributed by atoms with E-state index in [4.69, 9.17) is 4.74 Å². The largest absolute Gasteiger partial charge is 0.489 e. The molecule has 0 fully saturated rings. The second-order valence-corrected chi connectivity index (χ2v) is 6.45. The van der Waals surface area contributed by atoms with Crippen molar-refractivity contribution in [1.29, 1.82) is 0 Å². The van der Waals surface area contributed by atoms with Crippen LogP contribution in [-0.4, -0.2) is 4.92 Å². The van der Waals surface area contributed by atoms with Crippen LogP contribution in [-0.2, 0) is 11.9 Å². The van der Waals surface area contributed by atoms with Crippen LogP contribution in [0.4, 0.5) is 5.69 Å². The number of ether oxygens (including phenoxy) is 1. The maximum absolute atomic E-state index is 10.9. The Morgan fingerprint density at radius 2 is 1.90 bits per heavy atom. The lowest BCUT2D eigenvalue weighted by molar-refractivity contribution is -0.385. The van der Waals surface area contributed by atoms with Crippen LogP contribution < -0.4 is 4.74 Å². The number of nitro benzene ring substituents is 1. The van der Waals surface area contributed by atoms with Crippen LogP contribution in [0.5, 0.6) is 5.75 Å². The first-order valence-electron chi connectivity index (χ1n) is 5.92. The van der Waals surface area contributed by atoms with Gasteiger partial charge in [0.25, 0.3) is 5.69 Å². The number of hydrogen-bond donors (Lipinski definition) is 0. The van der Waals surface area contributed by atoms with Gasteiger partial charge in [-0.3, -0.25) is 10.1 Å². The Kier molecular flexibility index (Phi) is 5.78. The minimum Gasteiger partial charge on any atom is -0.489 e. The number of hydrogen-bond acceptors (Lipinski definition) is 3. The molecule has 0 aliphatic carbocycles. The molecule has 0 amide bonds. The fourth-order valence-electron chi connectivity index (χ4n) is 1.77. The van der Waals surface area contributed by atoms with Crippen molar-refractivity contribution in [3.05, 3.63) is 66.6 Å². The van der Waals surface area contributed by atoms with Crippen molar-refractivity contribution in [2.24, 2.45) is 0 Å². The summed E-state index contributed by atoms with van der Waals surface area (Å²) in [5, 5.41) is 11.6. The highest BCUT2D eigenvalue weighted by Crippen LogP contribution is 2.30. The molecule has 0 unspecified atom stereocenters. The number of nitro groups is 1. The molecule has 0 aliphatic rings. The summed E-state index contributed by atoms with van der Waals surface area (Å²) in [6, 6.07) is 10.6. The first kappa shape index (κ1) is 16.5. The predicted octanol–water partition coefficient (Wildman–Crippen LogP) is 5.59. The fourth-order valence-corrected chi connectivity index (χ4v) is 3.14. The summed E-state index contributed by atoms with van der Waals surface area (Å²) in [5.74, 6) is 0.744. The third-order valence-electron chi connectivity index (χ3n) is 2.80. The van der Waals surface area contributed by atoms with Gasteiger partial charge in [0.1, 0.15) is 16.8 Å². The lowest BCUT2D eigenvalue weighted by Crippen LogP contribution is -2.00. The Balaban J connectivity index is 2.21. The van der Waals surface area contributed by atoms with E-state index in [-0.39, 0.29) is 12.3 Å². The van der Waals surface area contributed by atoms with Crippen molar-refractivity contribution in [3.63, 3.8) is 0 Å². The summed E-state index contributed by atoms with van der Waals surface area (Å²) < 4.78 is 7.21. The van der Waals surface area contributed by atoms with Crippen LogP contribution in [0.25, 0.3) is 0 Å². The van der Waals surface area contributed by atoms with Crippen molar-refractivity contribution < 1.29 is 9.66 Å². The summed E-state index contributed by atoms with van der Waals surface area (Å²) >= 11 is 10.1. The minimum absolute atomic E-state index is 0.0348. The maximum atomic E-state index is 10.9. The molecule has 0 radical (unpaired) electrons. The lowest BCUT2D eigenvalue weighted by atomic mass is 10.2.